The summed E-state index contributed by atoms with van der Waals surface area (Å²) >= 11 is 0. The van der Waals surface area contributed by atoms with Gasteiger partial charge in [0.1, 0.15) is 5.82 Å². The van der Waals surface area contributed by atoms with Gasteiger partial charge in [0.25, 0.3) is 0 Å². The average Bonchev–Trinajstić information content (AvgIpc) is 3.00. The minimum Gasteiger partial charge on any atom is -0.368 e. The zero-order chi connectivity index (χ0) is 13.8. The highest BCUT2D eigenvalue weighted by atomic mass is 15.1. The number of rotatable bonds is 5. The third kappa shape index (κ3) is 2.54. The largest absolute Gasteiger partial charge is 0.368 e. The lowest BCUT2D eigenvalue weighted by molar-refractivity contribution is 0.726. The minimum atomic E-state index is 0.619. The van der Waals surface area contributed by atoms with Crippen molar-refractivity contribution in [1.82, 2.24) is 19.5 Å². The Bertz CT molecular complexity index is 692. The van der Waals surface area contributed by atoms with E-state index < -0.39 is 0 Å². The second kappa shape index (κ2) is 5.56. The summed E-state index contributed by atoms with van der Waals surface area (Å²) in [5.41, 5.74) is 0.928. The SMILES string of the molecule is CNc1nc(NCCn2ccnc2)c2ccccc2n1. The number of nitrogens with zero attached hydrogens (tertiary/aromatic N) is 4. The first-order valence-electron chi connectivity index (χ1n) is 6.51. The van der Waals surface area contributed by atoms with Gasteiger partial charge in [0.2, 0.25) is 5.95 Å². The molecule has 6 nitrogen and oxygen atoms in total. The smallest absolute Gasteiger partial charge is 0.224 e. The molecule has 102 valence electrons. The van der Waals surface area contributed by atoms with Gasteiger partial charge >= 0.3 is 0 Å². The molecule has 0 aliphatic rings. The summed E-state index contributed by atoms with van der Waals surface area (Å²) in [5, 5.41) is 7.37. The van der Waals surface area contributed by atoms with Gasteiger partial charge in [-0.05, 0) is 12.1 Å². The summed E-state index contributed by atoms with van der Waals surface area (Å²) in [6.45, 7) is 1.62. The normalized spacial score (nSPS) is 10.7. The van der Waals surface area contributed by atoms with Gasteiger partial charge in [0.05, 0.1) is 11.8 Å². The Balaban J connectivity index is 1.82. The zero-order valence-corrected chi connectivity index (χ0v) is 11.2. The van der Waals surface area contributed by atoms with Crippen LogP contribution in [0.15, 0.2) is 43.0 Å². The van der Waals surface area contributed by atoms with Crippen LogP contribution in [0.25, 0.3) is 10.9 Å². The van der Waals surface area contributed by atoms with Gasteiger partial charge in [-0.2, -0.15) is 4.98 Å². The van der Waals surface area contributed by atoms with E-state index in [0.29, 0.717) is 5.95 Å². The highest BCUT2D eigenvalue weighted by Crippen LogP contribution is 2.21. The predicted molar refractivity (Wildman–Crippen MR) is 79.8 cm³/mol. The number of aromatic nitrogens is 4. The number of anilines is 2. The number of nitrogens with one attached hydrogen (secondary N) is 2. The number of hydrogen-bond acceptors (Lipinski definition) is 5. The monoisotopic (exact) mass is 268 g/mol. The predicted octanol–water partition coefficient (Wildman–Crippen LogP) is 1.98. The van der Waals surface area contributed by atoms with E-state index in [0.717, 1.165) is 29.8 Å². The standard InChI is InChI=1S/C14H16N6/c1-15-14-18-12-5-3-2-4-11(12)13(19-14)17-7-9-20-8-6-16-10-20/h2-6,8,10H,7,9H2,1H3,(H2,15,17,18,19). The quantitative estimate of drug-likeness (QED) is 0.740. The van der Waals surface area contributed by atoms with Gasteiger partial charge in [0, 0.05) is 37.9 Å². The lowest BCUT2D eigenvalue weighted by Crippen LogP contribution is -2.11. The van der Waals surface area contributed by atoms with Gasteiger partial charge < -0.3 is 15.2 Å². The first kappa shape index (κ1) is 12.4. The number of benzene rings is 1. The van der Waals surface area contributed by atoms with E-state index in [1.165, 1.54) is 0 Å². The molecule has 0 atom stereocenters. The van der Waals surface area contributed by atoms with Crippen LogP contribution in [-0.4, -0.2) is 33.1 Å². The zero-order valence-electron chi connectivity index (χ0n) is 11.2. The summed E-state index contributed by atoms with van der Waals surface area (Å²) in [5.74, 6) is 1.47. The van der Waals surface area contributed by atoms with Crippen LogP contribution >= 0.6 is 0 Å². The summed E-state index contributed by atoms with van der Waals surface area (Å²) in [4.78, 5) is 12.9. The van der Waals surface area contributed by atoms with Gasteiger partial charge in [-0.15, -0.1) is 0 Å². The minimum absolute atomic E-state index is 0.619. The molecule has 0 unspecified atom stereocenters. The Morgan fingerprint density at radius 2 is 2.10 bits per heavy atom. The second-order valence-electron chi connectivity index (χ2n) is 4.39. The molecule has 3 rings (SSSR count). The third-order valence-corrected chi connectivity index (χ3v) is 3.05. The van der Waals surface area contributed by atoms with Crippen LogP contribution in [0.4, 0.5) is 11.8 Å². The van der Waals surface area contributed by atoms with Crippen molar-refractivity contribution in [2.75, 3.05) is 24.2 Å². The van der Waals surface area contributed by atoms with Crippen molar-refractivity contribution in [3.8, 4) is 0 Å². The van der Waals surface area contributed by atoms with Gasteiger partial charge in [-0.3, -0.25) is 0 Å². The van der Waals surface area contributed by atoms with Crippen LogP contribution in [0.5, 0.6) is 0 Å². The molecule has 3 aromatic rings. The Labute approximate surface area is 116 Å². The molecule has 2 N–H and O–H groups in total. The van der Waals surface area contributed by atoms with Crippen molar-refractivity contribution in [1.29, 1.82) is 0 Å². The Morgan fingerprint density at radius 1 is 1.20 bits per heavy atom. The topological polar surface area (TPSA) is 67.7 Å². The molecule has 0 aliphatic carbocycles. The molecule has 6 heteroatoms. The van der Waals surface area contributed by atoms with E-state index in [2.05, 4.69) is 25.6 Å². The lowest BCUT2D eigenvalue weighted by atomic mass is 10.2. The molecular formula is C14H16N6. The number of fused-ring (bicyclic) bond motifs is 1. The molecule has 20 heavy (non-hydrogen) atoms. The lowest BCUT2D eigenvalue weighted by Gasteiger charge is -2.10. The number of hydrogen-bond donors (Lipinski definition) is 2. The summed E-state index contributed by atoms with van der Waals surface area (Å²) in [7, 11) is 1.82. The molecule has 0 bridgehead atoms. The van der Waals surface area contributed by atoms with E-state index in [9.17, 15) is 0 Å². The third-order valence-electron chi connectivity index (χ3n) is 3.05. The second-order valence-corrected chi connectivity index (χ2v) is 4.39. The molecule has 0 saturated heterocycles. The van der Waals surface area contributed by atoms with Crippen molar-refractivity contribution < 1.29 is 0 Å². The van der Waals surface area contributed by atoms with E-state index in [1.54, 1.807) is 12.5 Å². The van der Waals surface area contributed by atoms with Crippen molar-refractivity contribution in [3.05, 3.63) is 43.0 Å². The summed E-state index contributed by atoms with van der Waals surface area (Å²) < 4.78 is 2.02. The highest BCUT2D eigenvalue weighted by molar-refractivity contribution is 5.89. The van der Waals surface area contributed by atoms with Crippen LogP contribution in [0.1, 0.15) is 0 Å². The molecule has 0 saturated carbocycles. The molecule has 1 aromatic carbocycles. The van der Waals surface area contributed by atoms with Crippen LogP contribution in [0.2, 0.25) is 0 Å². The van der Waals surface area contributed by atoms with E-state index >= 15 is 0 Å². The number of para-hydroxylation sites is 1. The van der Waals surface area contributed by atoms with Crippen LogP contribution in [0.3, 0.4) is 0 Å². The maximum absolute atomic E-state index is 4.48. The van der Waals surface area contributed by atoms with Crippen LogP contribution in [0, 0.1) is 0 Å². The van der Waals surface area contributed by atoms with Crippen molar-refractivity contribution in [2.45, 2.75) is 6.54 Å². The maximum atomic E-state index is 4.48. The molecule has 0 amide bonds. The van der Waals surface area contributed by atoms with E-state index in [1.807, 2.05) is 42.1 Å². The van der Waals surface area contributed by atoms with E-state index in [4.69, 9.17) is 0 Å². The van der Waals surface area contributed by atoms with Gasteiger partial charge in [0.15, 0.2) is 0 Å². The van der Waals surface area contributed by atoms with Crippen molar-refractivity contribution in [2.24, 2.45) is 0 Å². The first-order valence-corrected chi connectivity index (χ1v) is 6.51. The van der Waals surface area contributed by atoms with Crippen LogP contribution < -0.4 is 10.6 Å². The first-order chi connectivity index (χ1) is 9.86. The molecule has 0 fully saturated rings. The van der Waals surface area contributed by atoms with Crippen molar-refractivity contribution in [3.63, 3.8) is 0 Å². The van der Waals surface area contributed by atoms with Crippen molar-refractivity contribution >= 4 is 22.7 Å². The molecule has 0 spiro atoms. The van der Waals surface area contributed by atoms with Crippen LogP contribution in [-0.2, 0) is 6.54 Å². The number of imidazole rings is 1. The maximum Gasteiger partial charge on any atom is 0.224 e. The van der Waals surface area contributed by atoms with E-state index in [-0.39, 0.29) is 0 Å². The highest BCUT2D eigenvalue weighted by Gasteiger charge is 2.05. The molecule has 0 radical (unpaired) electrons. The molecule has 2 aromatic heterocycles. The summed E-state index contributed by atoms with van der Waals surface area (Å²) in [6, 6.07) is 7.98. The van der Waals surface area contributed by atoms with Gasteiger partial charge in [-0.1, -0.05) is 12.1 Å². The Kier molecular flexibility index (Phi) is 3.45. The fourth-order valence-electron chi connectivity index (χ4n) is 2.05. The summed E-state index contributed by atoms with van der Waals surface area (Å²) in [6.07, 6.45) is 5.52. The molecule has 2 heterocycles. The average molecular weight is 268 g/mol. The Hall–Kier alpha value is -2.63. The fourth-order valence-corrected chi connectivity index (χ4v) is 2.05. The van der Waals surface area contributed by atoms with Gasteiger partial charge in [-0.25, -0.2) is 9.97 Å². The fraction of sp³-hybridized carbons (Fsp3) is 0.214. The molecular weight excluding hydrogens is 252 g/mol. The Morgan fingerprint density at radius 3 is 2.90 bits per heavy atom. The molecule has 0 aliphatic heterocycles.